The van der Waals surface area contributed by atoms with Crippen LogP contribution in [-0.2, 0) is 26.8 Å². The fourth-order valence-electron chi connectivity index (χ4n) is 5.03. The number of phenols is 1. The van der Waals surface area contributed by atoms with Crippen molar-refractivity contribution in [2.24, 2.45) is 0 Å². The molecule has 0 fully saturated rings. The Bertz CT molecular complexity index is 661. The summed E-state index contributed by atoms with van der Waals surface area (Å²) >= 11 is 0. The average Bonchev–Trinajstić information content (AvgIpc) is 2.86. The van der Waals surface area contributed by atoms with E-state index in [0.29, 0.717) is 5.75 Å². The number of hydrogen-bond acceptors (Lipinski definition) is 3. The van der Waals surface area contributed by atoms with Crippen LogP contribution in [0.4, 0.5) is 0 Å². The number of carbonyl (C=O) groups excluding carboxylic acids is 1. The molecule has 0 unspecified atom stereocenters. The van der Waals surface area contributed by atoms with Crippen molar-refractivity contribution in [3.05, 3.63) is 28.8 Å². The van der Waals surface area contributed by atoms with Crippen molar-refractivity contribution in [1.29, 1.82) is 0 Å². The quantitative estimate of drug-likeness (QED) is 0.170. The van der Waals surface area contributed by atoms with Crippen LogP contribution in [0.1, 0.15) is 168 Å². The molecule has 0 heterocycles. The lowest BCUT2D eigenvalue weighted by Crippen LogP contribution is -2.18. The van der Waals surface area contributed by atoms with Crippen LogP contribution in [0.2, 0.25) is 0 Å². The maximum absolute atomic E-state index is 10.9. The molecule has 0 bridgehead atoms. The third-order valence-electron chi connectivity index (χ3n) is 7.46. The standard InChI is InChI=1S/C34H62O2.CH2O/c1-8-9-10-11-12-13-14-15-16-17-18-19-20-21-22-23-25-36-26-24-29-27-30(33(2,3)4)32(35)31(28-29)34(5,6)7;1-2/h27-28,35H,8-26H2,1-7H3;1H2. The number of aromatic hydroxyl groups is 1. The van der Waals surface area contributed by atoms with Crippen molar-refractivity contribution in [3.63, 3.8) is 0 Å². The molecule has 0 spiro atoms. The summed E-state index contributed by atoms with van der Waals surface area (Å²) in [5, 5.41) is 10.9. The topological polar surface area (TPSA) is 46.5 Å². The second-order valence-electron chi connectivity index (χ2n) is 13.2. The lowest BCUT2D eigenvalue weighted by atomic mass is 9.78. The summed E-state index contributed by atoms with van der Waals surface area (Å²) < 4.78 is 5.98. The maximum atomic E-state index is 10.9. The summed E-state index contributed by atoms with van der Waals surface area (Å²) in [4.78, 5) is 8.00. The van der Waals surface area contributed by atoms with E-state index in [1.165, 1.54) is 108 Å². The van der Waals surface area contributed by atoms with E-state index in [9.17, 15) is 5.11 Å². The van der Waals surface area contributed by atoms with Crippen LogP contribution in [0, 0.1) is 0 Å². The third kappa shape index (κ3) is 17.3. The first-order chi connectivity index (χ1) is 18.1. The van der Waals surface area contributed by atoms with Gasteiger partial charge in [0.25, 0.3) is 0 Å². The average molecular weight is 533 g/mol. The van der Waals surface area contributed by atoms with Crippen LogP contribution in [-0.4, -0.2) is 25.1 Å². The fourth-order valence-corrected chi connectivity index (χ4v) is 5.03. The van der Waals surface area contributed by atoms with Crippen LogP contribution in [0.15, 0.2) is 12.1 Å². The molecular formula is C35H64O3. The van der Waals surface area contributed by atoms with Crippen molar-refractivity contribution < 1.29 is 14.6 Å². The minimum atomic E-state index is -0.0749. The van der Waals surface area contributed by atoms with Crippen molar-refractivity contribution in [1.82, 2.24) is 0 Å². The lowest BCUT2D eigenvalue weighted by Gasteiger charge is -2.28. The molecule has 38 heavy (non-hydrogen) atoms. The first kappa shape index (κ1) is 36.6. The van der Waals surface area contributed by atoms with E-state index >= 15 is 0 Å². The van der Waals surface area contributed by atoms with Crippen LogP contribution >= 0.6 is 0 Å². The van der Waals surface area contributed by atoms with Crippen LogP contribution in [0.25, 0.3) is 0 Å². The predicted molar refractivity (Wildman–Crippen MR) is 167 cm³/mol. The van der Waals surface area contributed by atoms with Gasteiger partial charge in [-0.15, -0.1) is 0 Å². The summed E-state index contributed by atoms with van der Waals surface area (Å²) in [5.41, 5.74) is 3.21. The van der Waals surface area contributed by atoms with Gasteiger partial charge in [0.15, 0.2) is 0 Å². The molecule has 0 aromatic heterocycles. The molecule has 0 aliphatic carbocycles. The number of hydrogen-bond donors (Lipinski definition) is 1. The van der Waals surface area contributed by atoms with E-state index in [1.54, 1.807) is 0 Å². The molecule has 1 rings (SSSR count). The minimum Gasteiger partial charge on any atom is -0.507 e. The van der Waals surface area contributed by atoms with Gasteiger partial charge in [0.2, 0.25) is 0 Å². The molecule has 0 saturated carbocycles. The molecule has 1 aromatic rings. The van der Waals surface area contributed by atoms with Gasteiger partial charge in [0, 0.05) is 6.61 Å². The molecule has 222 valence electrons. The number of carbonyl (C=O) groups is 1. The normalized spacial score (nSPS) is 11.9. The van der Waals surface area contributed by atoms with E-state index in [4.69, 9.17) is 9.53 Å². The van der Waals surface area contributed by atoms with E-state index in [1.807, 2.05) is 6.79 Å². The Hall–Kier alpha value is -1.35. The van der Waals surface area contributed by atoms with Crippen molar-refractivity contribution in [3.8, 4) is 5.75 Å². The predicted octanol–water partition coefficient (Wildman–Crippen LogP) is 10.6. The molecule has 0 saturated heterocycles. The zero-order valence-corrected chi connectivity index (χ0v) is 26.6. The molecule has 3 heteroatoms. The van der Waals surface area contributed by atoms with Gasteiger partial charge in [-0.2, -0.15) is 0 Å². The first-order valence-corrected chi connectivity index (χ1v) is 15.8. The molecule has 0 radical (unpaired) electrons. The van der Waals surface area contributed by atoms with E-state index in [2.05, 4.69) is 60.6 Å². The van der Waals surface area contributed by atoms with Gasteiger partial charge in [-0.05, 0) is 40.4 Å². The van der Waals surface area contributed by atoms with Crippen molar-refractivity contribution in [2.45, 2.75) is 168 Å². The molecule has 1 aromatic carbocycles. The second kappa shape index (κ2) is 21.5. The maximum Gasteiger partial charge on any atom is 0.123 e. The first-order valence-electron chi connectivity index (χ1n) is 15.8. The zero-order chi connectivity index (χ0) is 28.9. The van der Waals surface area contributed by atoms with Gasteiger partial charge in [-0.25, -0.2) is 0 Å². The molecular weight excluding hydrogens is 468 g/mol. The Balaban J connectivity index is 0.00000667. The molecule has 0 amide bonds. The van der Waals surface area contributed by atoms with Gasteiger partial charge >= 0.3 is 0 Å². The number of unbranched alkanes of at least 4 members (excludes halogenated alkanes) is 15. The summed E-state index contributed by atoms with van der Waals surface area (Å²) in [6, 6.07) is 4.37. The lowest BCUT2D eigenvalue weighted by molar-refractivity contribution is -0.0980. The summed E-state index contributed by atoms with van der Waals surface area (Å²) in [6.45, 7) is 19.0. The number of phenolic OH excluding ortho intramolecular Hbond substituents is 1. The highest BCUT2D eigenvalue weighted by Gasteiger charge is 2.26. The highest BCUT2D eigenvalue weighted by molar-refractivity contribution is 5.49. The van der Waals surface area contributed by atoms with Gasteiger partial charge < -0.3 is 14.6 Å². The van der Waals surface area contributed by atoms with Crippen LogP contribution in [0.3, 0.4) is 0 Å². The Kier molecular flexibility index (Phi) is 20.7. The minimum absolute atomic E-state index is 0.0749. The van der Waals surface area contributed by atoms with Gasteiger partial charge in [0.1, 0.15) is 12.5 Å². The third-order valence-corrected chi connectivity index (χ3v) is 7.46. The van der Waals surface area contributed by atoms with Crippen LogP contribution in [0.5, 0.6) is 5.75 Å². The number of benzene rings is 1. The number of rotatable bonds is 20. The van der Waals surface area contributed by atoms with E-state index in [-0.39, 0.29) is 10.8 Å². The number of ether oxygens (including phenoxy) is 1. The Morgan fingerprint density at radius 3 is 1.29 bits per heavy atom. The zero-order valence-electron chi connectivity index (χ0n) is 26.6. The highest BCUT2D eigenvalue weighted by atomic mass is 16.5. The van der Waals surface area contributed by atoms with E-state index in [0.717, 1.165) is 30.8 Å². The molecule has 0 atom stereocenters. The molecule has 0 aliphatic rings. The smallest absolute Gasteiger partial charge is 0.123 e. The van der Waals surface area contributed by atoms with Crippen LogP contribution < -0.4 is 0 Å². The monoisotopic (exact) mass is 532 g/mol. The van der Waals surface area contributed by atoms with E-state index < -0.39 is 0 Å². The molecule has 0 aliphatic heterocycles. The Morgan fingerprint density at radius 1 is 0.605 bits per heavy atom. The Labute approximate surface area is 237 Å². The fraction of sp³-hybridized carbons (Fsp3) is 0.800. The van der Waals surface area contributed by atoms with Crippen molar-refractivity contribution in [2.75, 3.05) is 13.2 Å². The van der Waals surface area contributed by atoms with Crippen molar-refractivity contribution >= 4 is 6.79 Å². The largest absolute Gasteiger partial charge is 0.507 e. The molecule has 1 N–H and O–H groups in total. The SMILES string of the molecule is C=O.CCCCCCCCCCCCCCCCCCOCCc1cc(C(C)(C)C)c(O)c(C(C)(C)C)c1. The Morgan fingerprint density at radius 2 is 0.947 bits per heavy atom. The van der Waals surface area contributed by atoms with Gasteiger partial charge in [0.05, 0.1) is 6.61 Å². The van der Waals surface area contributed by atoms with Gasteiger partial charge in [-0.1, -0.05) is 157 Å². The molecule has 3 nitrogen and oxygen atoms in total. The highest BCUT2D eigenvalue weighted by Crippen LogP contribution is 2.39. The summed E-state index contributed by atoms with van der Waals surface area (Å²) in [5.74, 6) is 0.466. The second-order valence-corrected chi connectivity index (χ2v) is 13.2. The summed E-state index contributed by atoms with van der Waals surface area (Å²) in [7, 11) is 0. The summed E-state index contributed by atoms with van der Waals surface area (Å²) in [6.07, 6.45) is 23.3. The van der Waals surface area contributed by atoms with Gasteiger partial charge in [-0.3, -0.25) is 0 Å².